The number of nitrogens with zero attached hydrogens (tertiary/aromatic N) is 1. The van der Waals surface area contributed by atoms with Crippen LogP contribution in [0, 0.1) is 5.92 Å². The molecule has 0 aliphatic carbocycles. The quantitative estimate of drug-likeness (QED) is 0.841. The van der Waals surface area contributed by atoms with Crippen LogP contribution in [-0.4, -0.2) is 36.5 Å². The topological polar surface area (TPSA) is 61.4 Å². The van der Waals surface area contributed by atoms with Gasteiger partial charge in [0.2, 0.25) is 5.91 Å². The molecule has 5 nitrogen and oxygen atoms in total. The van der Waals surface area contributed by atoms with E-state index in [0.29, 0.717) is 12.5 Å². The maximum atomic E-state index is 12.3. The van der Waals surface area contributed by atoms with Crippen LogP contribution < -0.4 is 10.6 Å². The lowest BCUT2D eigenvalue weighted by molar-refractivity contribution is -0.121. The maximum Gasteiger partial charge on any atom is 0.321 e. The number of hydrogen-bond donors (Lipinski definition) is 2. The number of carbonyl (C=O) groups is 2. The van der Waals surface area contributed by atoms with Crippen molar-refractivity contribution < 1.29 is 9.59 Å². The van der Waals surface area contributed by atoms with Crippen molar-refractivity contribution in [3.63, 3.8) is 0 Å². The van der Waals surface area contributed by atoms with Crippen LogP contribution in [0.3, 0.4) is 0 Å². The Morgan fingerprint density at radius 2 is 2.12 bits per heavy atom. The molecule has 7 heteroatoms. The molecule has 0 aromatic carbocycles. The van der Waals surface area contributed by atoms with E-state index in [2.05, 4.69) is 38.4 Å². The van der Waals surface area contributed by atoms with E-state index in [1.54, 1.807) is 22.7 Å². The van der Waals surface area contributed by atoms with Gasteiger partial charge in [-0.2, -0.15) is 0 Å². The molecule has 3 amide bonds. The monoisotopic (exact) mass is 377 g/mol. The largest absolute Gasteiger partial charge is 0.338 e. The van der Waals surface area contributed by atoms with Gasteiger partial charge in [-0.05, 0) is 40.8 Å². The Morgan fingerprint density at radius 1 is 1.28 bits per heavy atom. The molecule has 0 fully saturated rings. The van der Waals surface area contributed by atoms with Gasteiger partial charge in [-0.1, -0.05) is 19.9 Å². The minimum atomic E-state index is -0.417. The zero-order valence-electron chi connectivity index (χ0n) is 14.5. The molecule has 0 saturated heterocycles. The third kappa shape index (κ3) is 4.48. The van der Waals surface area contributed by atoms with Crippen molar-refractivity contribution in [2.45, 2.75) is 26.3 Å². The van der Waals surface area contributed by atoms with Gasteiger partial charge < -0.3 is 5.32 Å². The van der Waals surface area contributed by atoms with Crippen LogP contribution in [0.25, 0.3) is 0 Å². The fraction of sp³-hybridized carbons (Fsp3) is 0.444. The lowest BCUT2D eigenvalue weighted by Crippen LogP contribution is -2.47. The average Bonchev–Trinajstić information content (AvgIpc) is 3.23. The van der Waals surface area contributed by atoms with Crippen molar-refractivity contribution in [2.24, 2.45) is 5.92 Å². The predicted octanol–water partition coefficient (Wildman–Crippen LogP) is 3.24. The summed E-state index contributed by atoms with van der Waals surface area (Å²) >= 11 is 3.48. The molecule has 0 unspecified atom stereocenters. The zero-order valence-corrected chi connectivity index (χ0v) is 16.1. The Labute approximate surface area is 156 Å². The number of carbonyl (C=O) groups excluding carboxylic acids is 2. The normalized spacial score (nSPS) is 17.3. The van der Waals surface area contributed by atoms with Crippen LogP contribution >= 0.6 is 22.7 Å². The molecule has 134 valence electrons. The summed E-state index contributed by atoms with van der Waals surface area (Å²) in [4.78, 5) is 28.9. The third-order valence-electron chi connectivity index (χ3n) is 4.15. The van der Waals surface area contributed by atoms with Crippen molar-refractivity contribution >= 4 is 34.6 Å². The van der Waals surface area contributed by atoms with Crippen LogP contribution in [0.1, 0.15) is 35.2 Å². The first kappa shape index (κ1) is 18.1. The van der Waals surface area contributed by atoms with Crippen LogP contribution in [0.5, 0.6) is 0 Å². The fourth-order valence-corrected chi connectivity index (χ4v) is 4.79. The van der Waals surface area contributed by atoms with Gasteiger partial charge in [0.25, 0.3) is 0 Å². The number of rotatable bonds is 5. The van der Waals surface area contributed by atoms with Gasteiger partial charge in [0.15, 0.2) is 0 Å². The van der Waals surface area contributed by atoms with Crippen molar-refractivity contribution in [3.05, 3.63) is 44.3 Å². The molecule has 0 radical (unpaired) electrons. The second kappa shape index (κ2) is 8.12. The number of amides is 3. The molecular weight excluding hydrogens is 354 g/mol. The molecular formula is C18H23N3O2S2. The van der Waals surface area contributed by atoms with Crippen LogP contribution in [0.15, 0.2) is 29.0 Å². The first-order valence-electron chi connectivity index (χ1n) is 8.46. The zero-order chi connectivity index (χ0) is 17.8. The molecule has 2 aromatic rings. The van der Waals surface area contributed by atoms with Crippen molar-refractivity contribution in [1.82, 2.24) is 15.5 Å². The SMILES string of the molecule is CC(C)CNC(=O)NC(=O)CN1CCc2sccc2[C@@H]1c1cccs1. The van der Waals surface area contributed by atoms with E-state index in [4.69, 9.17) is 0 Å². The van der Waals surface area contributed by atoms with Gasteiger partial charge >= 0.3 is 6.03 Å². The van der Waals surface area contributed by atoms with E-state index in [0.717, 1.165) is 13.0 Å². The smallest absolute Gasteiger partial charge is 0.321 e. The summed E-state index contributed by atoms with van der Waals surface area (Å²) in [5.74, 6) is 0.0876. The number of nitrogens with one attached hydrogen (secondary N) is 2. The molecule has 0 bridgehead atoms. The molecule has 2 aromatic heterocycles. The summed E-state index contributed by atoms with van der Waals surface area (Å²) in [5, 5.41) is 9.34. The van der Waals surface area contributed by atoms with Gasteiger partial charge in [0, 0.05) is 22.8 Å². The van der Waals surface area contributed by atoms with E-state index in [9.17, 15) is 9.59 Å². The lowest BCUT2D eigenvalue weighted by Gasteiger charge is -2.34. The molecule has 2 N–H and O–H groups in total. The summed E-state index contributed by atoms with van der Waals surface area (Å²) < 4.78 is 0. The van der Waals surface area contributed by atoms with Crippen molar-refractivity contribution in [1.29, 1.82) is 0 Å². The van der Waals surface area contributed by atoms with Crippen LogP contribution in [0.2, 0.25) is 0 Å². The fourth-order valence-electron chi connectivity index (χ4n) is 3.01. The molecule has 3 heterocycles. The minimum absolute atomic E-state index is 0.0967. The van der Waals surface area contributed by atoms with Gasteiger partial charge in [-0.3, -0.25) is 15.0 Å². The molecule has 25 heavy (non-hydrogen) atoms. The molecule has 0 saturated carbocycles. The average molecular weight is 378 g/mol. The highest BCUT2D eigenvalue weighted by Crippen LogP contribution is 2.39. The summed E-state index contributed by atoms with van der Waals surface area (Å²) in [6, 6.07) is 5.99. The number of urea groups is 1. The van der Waals surface area contributed by atoms with Gasteiger partial charge in [0.1, 0.15) is 0 Å². The third-order valence-corrected chi connectivity index (χ3v) is 6.07. The summed E-state index contributed by atoms with van der Waals surface area (Å²) in [7, 11) is 0. The highest BCUT2D eigenvalue weighted by atomic mass is 32.1. The summed E-state index contributed by atoms with van der Waals surface area (Å²) in [6.45, 7) is 5.61. The Hall–Kier alpha value is -1.70. The molecule has 3 rings (SSSR count). The van der Waals surface area contributed by atoms with E-state index in [1.165, 1.54) is 15.3 Å². The second-order valence-electron chi connectivity index (χ2n) is 6.59. The van der Waals surface area contributed by atoms with Gasteiger partial charge in [-0.15, -0.1) is 22.7 Å². The number of thiophene rings is 2. The second-order valence-corrected chi connectivity index (χ2v) is 8.57. The molecule has 0 spiro atoms. The highest BCUT2D eigenvalue weighted by Gasteiger charge is 2.31. The van der Waals surface area contributed by atoms with E-state index in [1.807, 2.05) is 19.9 Å². The first-order valence-corrected chi connectivity index (χ1v) is 10.2. The van der Waals surface area contributed by atoms with Gasteiger partial charge in [0.05, 0.1) is 12.6 Å². The predicted molar refractivity (Wildman–Crippen MR) is 102 cm³/mol. The number of imide groups is 1. The van der Waals surface area contributed by atoms with Crippen molar-refractivity contribution in [3.8, 4) is 0 Å². The number of hydrogen-bond acceptors (Lipinski definition) is 5. The minimum Gasteiger partial charge on any atom is -0.338 e. The van der Waals surface area contributed by atoms with Gasteiger partial charge in [-0.25, -0.2) is 4.79 Å². The summed E-state index contributed by atoms with van der Waals surface area (Å²) in [5.41, 5.74) is 1.29. The number of fused-ring (bicyclic) bond motifs is 1. The summed E-state index contributed by atoms with van der Waals surface area (Å²) in [6.07, 6.45) is 0.946. The highest BCUT2D eigenvalue weighted by molar-refractivity contribution is 7.10. The Kier molecular flexibility index (Phi) is 5.88. The maximum absolute atomic E-state index is 12.3. The van der Waals surface area contributed by atoms with E-state index < -0.39 is 6.03 Å². The molecule has 1 aliphatic rings. The molecule has 1 aliphatic heterocycles. The van der Waals surface area contributed by atoms with E-state index >= 15 is 0 Å². The Bertz CT molecular complexity index is 725. The van der Waals surface area contributed by atoms with Crippen LogP contribution in [0.4, 0.5) is 4.79 Å². The molecule has 1 atom stereocenters. The standard InChI is InChI=1S/C18H23N3O2S2/c1-12(2)10-19-18(23)20-16(22)11-21-7-5-14-13(6-9-25-14)17(21)15-4-3-8-24-15/h3-4,6,8-9,12,17H,5,7,10-11H2,1-2H3,(H2,19,20,22,23)/t17-/m1/s1. The first-order chi connectivity index (χ1) is 12.0. The lowest BCUT2D eigenvalue weighted by atomic mass is 9.98. The van der Waals surface area contributed by atoms with Crippen LogP contribution in [-0.2, 0) is 11.2 Å². The Balaban J connectivity index is 1.67. The Morgan fingerprint density at radius 3 is 2.84 bits per heavy atom. The van der Waals surface area contributed by atoms with Crippen molar-refractivity contribution in [2.75, 3.05) is 19.6 Å². The van der Waals surface area contributed by atoms with E-state index in [-0.39, 0.29) is 18.5 Å².